The van der Waals surface area contributed by atoms with Gasteiger partial charge in [0, 0.05) is 17.9 Å². The highest BCUT2D eigenvalue weighted by Gasteiger charge is 2.87. The van der Waals surface area contributed by atoms with Gasteiger partial charge in [0.1, 0.15) is 11.5 Å². The van der Waals surface area contributed by atoms with Gasteiger partial charge in [0.25, 0.3) is 17.6 Å². The predicted octanol–water partition coefficient (Wildman–Crippen LogP) is 1.76. The Kier molecular flexibility index (Phi) is 4.15. The first-order chi connectivity index (χ1) is 15.1. The Hall–Kier alpha value is -3.49. The van der Waals surface area contributed by atoms with Gasteiger partial charge >= 0.3 is 0 Å². The number of rotatable bonds is 6. The highest BCUT2D eigenvalue weighted by molar-refractivity contribution is 6.44. The van der Waals surface area contributed by atoms with Gasteiger partial charge in [-0.15, -0.1) is 0 Å². The van der Waals surface area contributed by atoms with Gasteiger partial charge in [-0.3, -0.25) is 19.2 Å². The number of aromatic nitrogens is 1. The number of amides is 3. The topological polar surface area (TPSA) is 123 Å². The van der Waals surface area contributed by atoms with Crippen LogP contribution in [0.15, 0.2) is 18.2 Å². The number of nitrogens with zero attached hydrogens (tertiary/aromatic N) is 1. The van der Waals surface area contributed by atoms with Gasteiger partial charge in [0.15, 0.2) is 0 Å². The third-order valence-electron chi connectivity index (χ3n) is 7.17. The molecule has 2 saturated carbocycles. The van der Waals surface area contributed by atoms with E-state index >= 15 is 0 Å². The van der Waals surface area contributed by atoms with Crippen molar-refractivity contribution in [3.63, 3.8) is 0 Å². The van der Waals surface area contributed by atoms with E-state index in [1.54, 1.807) is 18.4 Å². The number of ketones is 1. The fourth-order valence-corrected chi connectivity index (χ4v) is 5.12. The molecule has 0 spiro atoms. The molecule has 32 heavy (non-hydrogen) atoms. The van der Waals surface area contributed by atoms with E-state index in [0.29, 0.717) is 54.0 Å². The minimum atomic E-state index is -0.782. The number of fused-ring (bicyclic) bond motifs is 2. The Labute approximate surface area is 183 Å². The second-order valence-corrected chi connectivity index (χ2v) is 9.13. The van der Waals surface area contributed by atoms with Crippen LogP contribution in [-0.4, -0.2) is 33.6 Å². The van der Waals surface area contributed by atoms with Crippen LogP contribution in [0.2, 0.25) is 0 Å². The summed E-state index contributed by atoms with van der Waals surface area (Å²) >= 11 is 0. The molecule has 5 rings (SSSR count). The molecule has 1 aromatic heterocycles. The molecular formula is C23H23FN4O4. The van der Waals surface area contributed by atoms with Gasteiger partial charge in [0.2, 0.25) is 5.91 Å². The smallest absolute Gasteiger partial charge is 0.292 e. The van der Waals surface area contributed by atoms with Crippen LogP contribution in [0.3, 0.4) is 0 Å². The van der Waals surface area contributed by atoms with Gasteiger partial charge in [0.05, 0.1) is 16.5 Å². The number of halogens is 1. The number of nitrogens with two attached hydrogens (primary N) is 1. The molecule has 166 valence electrons. The second kappa shape index (κ2) is 6.51. The fourth-order valence-electron chi connectivity index (χ4n) is 5.12. The van der Waals surface area contributed by atoms with Crippen molar-refractivity contribution in [1.29, 1.82) is 0 Å². The number of aryl methyl sites for hydroxylation is 1. The predicted molar refractivity (Wildman–Crippen MR) is 113 cm³/mol. The zero-order valence-corrected chi connectivity index (χ0v) is 17.8. The molecule has 1 aromatic carbocycles. The van der Waals surface area contributed by atoms with Gasteiger partial charge in [-0.1, -0.05) is 0 Å². The number of nitrogens with one attached hydrogen (secondary N) is 2. The molecule has 9 heteroatoms. The zero-order chi connectivity index (χ0) is 23.0. The molecule has 0 radical (unpaired) electrons. The van der Waals surface area contributed by atoms with E-state index in [-0.39, 0.29) is 11.4 Å². The minimum absolute atomic E-state index is 0.239. The molecule has 2 fully saturated rings. The zero-order valence-electron chi connectivity index (χ0n) is 17.8. The number of primary amides is 1. The first kappa shape index (κ1) is 20.4. The van der Waals surface area contributed by atoms with Crippen LogP contribution < -0.4 is 16.4 Å². The lowest BCUT2D eigenvalue weighted by molar-refractivity contribution is -0.121. The normalized spacial score (nSPS) is 24.3. The average Bonchev–Trinajstić information content (AvgIpc) is 3.38. The monoisotopic (exact) mass is 438 g/mol. The lowest BCUT2D eigenvalue weighted by atomic mass is 10.0. The van der Waals surface area contributed by atoms with Crippen LogP contribution in [0.1, 0.15) is 56.9 Å². The van der Waals surface area contributed by atoms with E-state index in [0.717, 1.165) is 6.42 Å². The number of Topliss-reactive ketones (excluding diaryl/α,β-unsaturated/α-hetero) is 1. The largest absolute Gasteiger partial charge is 0.369 e. The molecular weight excluding hydrogens is 415 g/mol. The van der Waals surface area contributed by atoms with E-state index in [2.05, 4.69) is 10.6 Å². The van der Waals surface area contributed by atoms with E-state index in [9.17, 15) is 23.6 Å². The average molecular weight is 438 g/mol. The van der Waals surface area contributed by atoms with Crippen molar-refractivity contribution in [1.82, 2.24) is 9.88 Å². The summed E-state index contributed by atoms with van der Waals surface area (Å²) in [7, 11) is 0. The first-order valence-corrected chi connectivity index (χ1v) is 10.6. The summed E-state index contributed by atoms with van der Waals surface area (Å²) in [6, 6.07) is 4.28. The Morgan fingerprint density at radius 1 is 1.16 bits per heavy atom. The van der Waals surface area contributed by atoms with Crippen LogP contribution in [-0.2, 0) is 22.6 Å². The summed E-state index contributed by atoms with van der Waals surface area (Å²) < 4.78 is 15.3. The lowest BCUT2D eigenvalue weighted by Gasteiger charge is -2.10. The summed E-state index contributed by atoms with van der Waals surface area (Å²) in [5, 5.41) is 5.46. The Balaban J connectivity index is 1.41. The minimum Gasteiger partial charge on any atom is -0.369 e. The van der Waals surface area contributed by atoms with Gasteiger partial charge in [-0.25, -0.2) is 4.39 Å². The SMILES string of the molecule is Cc1cc(NC(=O)c2c(C)c(C(=O)C(=O)NC34CC3(C(N)=O)C4)c3n2CCC3)ccc1F. The van der Waals surface area contributed by atoms with E-state index < -0.39 is 34.5 Å². The van der Waals surface area contributed by atoms with Crippen LogP contribution in [0.4, 0.5) is 10.1 Å². The van der Waals surface area contributed by atoms with Gasteiger partial charge in [-0.05, 0) is 68.9 Å². The van der Waals surface area contributed by atoms with E-state index in [1.165, 1.54) is 18.2 Å². The Morgan fingerprint density at radius 3 is 2.50 bits per heavy atom. The number of hydrogen-bond donors (Lipinski definition) is 3. The number of anilines is 1. The lowest BCUT2D eigenvalue weighted by Crippen LogP contribution is -2.37. The highest BCUT2D eigenvalue weighted by atomic mass is 19.1. The van der Waals surface area contributed by atoms with Crippen molar-refractivity contribution in [3.8, 4) is 0 Å². The maximum atomic E-state index is 13.5. The maximum Gasteiger partial charge on any atom is 0.292 e. The van der Waals surface area contributed by atoms with Gasteiger partial charge in [-0.2, -0.15) is 0 Å². The number of benzene rings is 1. The Morgan fingerprint density at radius 2 is 1.88 bits per heavy atom. The first-order valence-electron chi connectivity index (χ1n) is 10.6. The molecule has 3 amide bonds. The number of carbonyl (C=O) groups is 4. The third kappa shape index (κ3) is 2.73. The molecule has 0 atom stereocenters. The van der Waals surface area contributed by atoms with Crippen molar-refractivity contribution in [3.05, 3.63) is 52.1 Å². The highest BCUT2D eigenvalue weighted by Crippen LogP contribution is 2.78. The number of carbonyl (C=O) groups excluding carboxylic acids is 4. The van der Waals surface area contributed by atoms with Crippen molar-refractivity contribution in [2.45, 2.75) is 51.6 Å². The number of hydrogen-bond acceptors (Lipinski definition) is 4. The van der Waals surface area contributed by atoms with Crippen LogP contribution >= 0.6 is 0 Å². The molecule has 0 saturated heterocycles. The van der Waals surface area contributed by atoms with Crippen LogP contribution in [0.5, 0.6) is 0 Å². The van der Waals surface area contributed by atoms with E-state index in [4.69, 9.17) is 5.73 Å². The summed E-state index contributed by atoms with van der Waals surface area (Å²) in [5.41, 5.74) is 6.51. The second-order valence-electron chi connectivity index (χ2n) is 9.13. The molecule has 0 unspecified atom stereocenters. The molecule has 2 aromatic rings. The van der Waals surface area contributed by atoms with Crippen molar-refractivity contribution >= 4 is 29.2 Å². The third-order valence-corrected chi connectivity index (χ3v) is 7.17. The van der Waals surface area contributed by atoms with Gasteiger partial charge < -0.3 is 20.9 Å². The fraction of sp³-hybridized carbons (Fsp3) is 0.391. The standard InChI is InChI=1S/C23H23FN4O4/c1-11-8-13(5-6-14(11)24)26-19(30)17-12(2)16(15-4-3-7-28(15)17)18(29)20(31)27-23-9-22(23,10-23)21(25)32/h5-6,8H,3-4,7,9-10H2,1-2H3,(H2,25,32)(H,26,30)(H,27,31). The van der Waals surface area contributed by atoms with E-state index in [1.807, 2.05) is 0 Å². The molecule has 2 aliphatic carbocycles. The molecule has 3 aliphatic rings. The quantitative estimate of drug-likeness (QED) is 0.470. The van der Waals surface area contributed by atoms with Crippen molar-refractivity contribution in [2.24, 2.45) is 11.1 Å². The molecule has 4 N–H and O–H groups in total. The van der Waals surface area contributed by atoms with Crippen LogP contribution in [0, 0.1) is 25.1 Å². The summed E-state index contributed by atoms with van der Waals surface area (Å²) in [6.45, 7) is 3.81. The molecule has 1 aliphatic heterocycles. The maximum absolute atomic E-state index is 13.5. The molecule has 2 heterocycles. The summed E-state index contributed by atoms with van der Waals surface area (Å²) in [6.07, 6.45) is 2.26. The van der Waals surface area contributed by atoms with Crippen molar-refractivity contribution in [2.75, 3.05) is 5.32 Å². The molecule has 8 nitrogen and oxygen atoms in total. The summed E-state index contributed by atoms with van der Waals surface area (Å²) in [5.74, 6) is -2.74. The summed E-state index contributed by atoms with van der Waals surface area (Å²) in [4.78, 5) is 50.4. The Bertz CT molecular complexity index is 1240. The van der Waals surface area contributed by atoms with Crippen LogP contribution in [0.25, 0.3) is 0 Å². The van der Waals surface area contributed by atoms with Crippen molar-refractivity contribution < 1.29 is 23.6 Å². The molecule has 0 bridgehead atoms.